The summed E-state index contributed by atoms with van der Waals surface area (Å²) >= 11 is 13.9. The van der Waals surface area contributed by atoms with Gasteiger partial charge in [-0.15, -0.1) is 0 Å². The van der Waals surface area contributed by atoms with Gasteiger partial charge >= 0.3 is 0 Å². The zero-order chi connectivity index (χ0) is 45.8. The first-order valence-corrected chi connectivity index (χ1v) is 23.5. The van der Waals surface area contributed by atoms with Crippen LogP contribution in [0.5, 0.6) is 23.0 Å². The average Bonchev–Trinajstić information content (AvgIpc) is 3.34. The van der Waals surface area contributed by atoms with Crippen molar-refractivity contribution in [3.05, 3.63) is 163 Å². The summed E-state index contributed by atoms with van der Waals surface area (Å²) in [6.45, 7) is 11.0. The number of halogens is 2. The van der Waals surface area contributed by atoms with Crippen LogP contribution in [-0.4, -0.2) is 45.9 Å². The summed E-state index contributed by atoms with van der Waals surface area (Å²) in [6.07, 6.45) is 13.7. The Morgan fingerprint density at radius 1 is 0.500 bits per heavy atom. The largest absolute Gasteiger partial charge is 0.488 e. The van der Waals surface area contributed by atoms with Crippen LogP contribution in [0.4, 0.5) is 0 Å². The van der Waals surface area contributed by atoms with E-state index in [4.69, 9.17) is 42.1 Å². The maximum Gasteiger partial charge on any atom is 0.142 e. The second-order valence-electron chi connectivity index (χ2n) is 17.2. The third-order valence-corrected chi connectivity index (χ3v) is 13.1. The number of hydrogen-bond donors (Lipinski definition) is 0. The third-order valence-electron chi connectivity index (χ3n) is 12.5. The molecule has 338 valence electrons. The molecule has 2 saturated heterocycles. The second kappa shape index (κ2) is 22.4. The first-order valence-electron chi connectivity index (χ1n) is 22.7. The van der Waals surface area contributed by atoms with Gasteiger partial charge < -0.3 is 18.9 Å². The molecule has 0 spiro atoms. The molecule has 0 atom stereocenters. The summed E-state index contributed by atoms with van der Waals surface area (Å²) < 4.78 is 25.8. The van der Waals surface area contributed by atoms with E-state index in [2.05, 4.69) is 82.2 Å². The lowest BCUT2D eigenvalue weighted by Gasteiger charge is -2.27. The molecule has 4 heterocycles. The summed E-state index contributed by atoms with van der Waals surface area (Å²) in [5, 5.41) is 19.9. The van der Waals surface area contributed by atoms with Gasteiger partial charge in [-0.2, -0.15) is 10.5 Å². The number of likely N-dealkylation sites (tertiary alicyclic amines) is 2. The van der Waals surface area contributed by atoms with E-state index in [0.29, 0.717) is 57.4 Å². The maximum atomic E-state index is 9.40. The predicted octanol–water partition coefficient (Wildman–Crippen LogP) is 12.1. The lowest BCUT2D eigenvalue weighted by Crippen LogP contribution is -2.29. The monoisotopic (exact) mass is 920 g/mol. The molecule has 4 aromatic carbocycles. The summed E-state index contributed by atoms with van der Waals surface area (Å²) in [4.78, 5) is 13.3. The topological polar surface area (TPSA) is 117 Å². The van der Waals surface area contributed by atoms with E-state index in [-0.39, 0.29) is 13.2 Å². The summed E-state index contributed by atoms with van der Waals surface area (Å²) in [5.41, 5.74) is 11.0. The SMILES string of the molecule is Cc1c(COc2cc(OCc3cncc(C#N)c3)c(CN3CCCCC3)cc2Cl)cccc1-c1cccc(COc2cc(OCc3cncc(C#N)c3)c(CN3CCCCC3)cc2Cl)c1C. The van der Waals surface area contributed by atoms with E-state index in [1.807, 2.05) is 24.3 Å². The van der Waals surface area contributed by atoms with E-state index in [1.165, 1.54) is 38.5 Å². The minimum absolute atomic E-state index is 0.257. The van der Waals surface area contributed by atoms with Crippen LogP contribution in [0.3, 0.4) is 0 Å². The number of hydrogen-bond acceptors (Lipinski definition) is 10. The fraction of sp³-hybridized carbons (Fsp3) is 0.333. The molecule has 2 fully saturated rings. The van der Waals surface area contributed by atoms with Gasteiger partial charge in [0.1, 0.15) is 61.6 Å². The van der Waals surface area contributed by atoms with Gasteiger partial charge in [-0.05, 0) is 123 Å². The Hall–Kier alpha value is -6.14. The number of pyridine rings is 2. The Morgan fingerprint density at radius 2 is 0.909 bits per heavy atom. The third kappa shape index (κ3) is 11.8. The number of rotatable bonds is 17. The van der Waals surface area contributed by atoms with Crippen molar-refractivity contribution in [2.45, 2.75) is 91.9 Å². The van der Waals surface area contributed by atoms with Crippen molar-refractivity contribution in [1.82, 2.24) is 19.8 Å². The second-order valence-corrected chi connectivity index (χ2v) is 18.0. The molecule has 8 rings (SSSR count). The summed E-state index contributed by atoms with van der Waals surface area (Å²) in [6, 6.07) is 28.2. The van der Waals surface area contributed by atoms with Crippen LogP contribution in [-0.2, 0) is 39.5 Å². The van der Waals surface area contributed by atoms with Gasteiger partial charge in [0.15, 0.2) is 0 Å². The highest BCUT2D eigenvalue weighted by molar-refractivity contribution is 6.32. The molecule has 66 heavy (non-hydrogen) atoms. The first-order chi connectivity index (χ1) is 32.2. The molecule has 0 amide bonds. The van der Waals surface area contributed by atoms with Crippen molar-refractivity contribution in [2.75, 3.05) is 26.2 Å². The van der Waals surface area contributed by atoms with E-state index < -0.39 is 0 Å². The van der Waals surface area contributed by atoms with Gasteiger partial charge in [0, 0.05) is 72.3 Å². The molecular formula is C54H54Cl2N6O4. The molecule has 0 bridgehead atoms. The highest BCUT2D eigenvalue weighted by Crippen LogP contribution is 2.38. The van der Waals surface area contributed by atoms with Crippen LogP contribution in [0.15, 0.2) is 97.6 Å². The normalized spacial score (nSPS) is 14.3. The smallest absolute Gasteiger partial charge is 0.142 e. The van der Waals surface area contributed by atoms with Gasteiger partial charge in [0.05, 0.1) is 21.2 Å². The van der Waals surface area contributed by atoms with Crippen LogP contribution in [0, 0.1) is 36.5 Å². The minimum atomic E-state index is 0.257. The molecule has 10 nitrogen and oxygen atoms in total. The van der Waals surface area contributed by atoms with Gasteiger partial charge in [-0.25, -0.2) is 0 Å². The number of piperidine rings is 2. The van der Waals surface area contributed by atoms with E-state index in [1.54, 1.807) is 36.9 Å². The molecule has 0 unspecified atom stereocenters. The summed E-state index contributed by atoms with van der Waals surface area (Å²) in [7, 11) is 0. The quantitative estimate of drug-likeness (QED) is 0.0875. The lowest BCUT2D eigenvalue weighted by atomic mass is 9.92. The average molecular weight is 922 g/mol. The fourth-order valence-corrected chi connectivity index (χ4v) is 9.24. The van der Waals surface area contributed by atoms with Gasteiger partial charge in [-0.3, -0.25) is 19.8 Å². The predicted molar refractivity (Wildman–Crippen MR) is 258 cm³/mol. The highest BCUT2D eigenvalue weighted by atomic mass is 35.5. The minimum Gasteiger partial charge on any atom is -0.488 e. The molecule has 2 aliphatic heterocycles. The van der Waals surface area contributed by atoms with Gasteiger partial charge in [-0.1, -0.05) is 72.4 Å². The molecule has 0 N–H and O–H groups in total. The molecule has 12 heteroatoms. The number of ether oxygens (including phenoxy) is 4. The van der Waals surface area contributed by atoms with Crippen molar-refractivity contribution < 1.29 is 18.9 Å². The molecule has 0 saturated carbocycles. The molecule has 2 aromatic heterocycles. The van der Waals surface area contributed by atoms with Crippen molar-refractivity contribution in [2.24, 2.45) is 0 Å². The van der Waals surface area contributed by atoms with Crippen LogP contribution in [0.1, 0.15) is 94.2 Å². The Balaban J connectivity index is 0.985. The Morgan fingerprint density at radius 3 is 1.32 bits per heavy atom. The number of nitriles is 2. The Kier molecular flexibility index (Phi) is 15.7. The van der Waals surface area contributed by atoms with Crippen LogP contribution < -0.4 is 18.9 Å². The molecule has 0 radical (unpaired) electrons. The van der Waals surface area contributed by atoms with Gasteiger partial charge in [0.2, 0.25) is 0 Å². The van der Waals surface area contributed by atoms with Crippen LogP contribution >= 0.6 is 23.2 Å². The molecule has 6 aromatic rings. The molecular weight excluding hydrogens is 868 g/mol. The van der Waals surface area contributed by atoms with E-state index >= 15 is 0 Å². The Labute approximate surface area is 398 Å². The summed E-state index contributed by atoms with van der Waals surface area (Å²) in [5.74, 6) is 2.46. The van der Waals surface area contributed by atoms with Crippen molar-refractivity contribution in [3.63, 3.8) is 0 Å². The van der Waals surface area contributed by atoms with Crippen molar-refractivity contribution in [3.8, 4) is 46.3 Å². The lowest BCUT2D eigenvalue weighted by molar-refractivity contribution is 0.214. The number of aromatic nitrogens is 2. The molecule has 0 aliphatic carbocycles. The maximum absolute atomic E-state index is 9.40. The van der Waals surface area contributed by atoms with Crippen molar-refractivity contribution >= 4 is 23.2 Å². The highest BCUT2D eigenvalue weighted by Gasteiger charge is 2.20. The number of benzene rings is 4. The number of nitrogens with zero attached hydrogens (tertiary/aromatic N) is 6. The molecule has 2 aliphatic rings. The zero-order valence-corrected chi connectivity index (χ0v) is 39.1. The zero-order valence-electron chi connectivity index (χ0n) is 37.6. The standard InChI is InChI=1S/C54H54Cl2N6O4/c1-37-43(35-65-53-23-51(63-33-41-19-39(25-57)27-59-29-41)45(21-49(53)55)31-61-15-5-3-6-16-61)11-9-13-47(37)48-14-10-12-44(38(48)2)36-66-54-24-52(64-34-42-20-40(26-58)28-60-30-42)46(22-50(54)56)32-62-17-7-4-8-18-62/h9-14,19-24,27-30H,3-8,15-18,31-36H2,1-2H3. The van der Waals surface area contributed by atoms with Crippen molar-refractivity contribution in [1.29, 1.82) is 10.5 Å². The first kappa shape index (κ1) is 46.4. The van der Waals surface area contributed by atoms with Gasteiger partial charge in [0.25, 0.3) is 0 Å². The van der Waals surface area contributed by atoms with E-state index in [0.717, 1.165) is 94.9 Å². The van der Waals surface area contributed by atoms with Crippen LogP contribution in [0.25, 0.3) is 11.1 Å². The fourth-order valence-electron chi connectivity index (χ4n) is 8.76. The Bertz CT molecular complexity index is 2550. The van der Waals surface area contributed by atoms with E-state index in [9.17, 15) is 10.5 Å². The van der Waals surface area contributed by atoms with Crippen LogP contribution in [0.2, 0.25) is 10.0 Å².